The number of fused-ring (bicyclic) bond motifs is 1. The van der Waals surface area contributed by atoms with Crippen molar-refractivity contribution in [2.45, 2.75) is 6.42 Å². The number of benzene rings is 1. The second-order valence-corrected chi connectivity index (χ2v) is 5.98. The predicted molar refractivity (Wildman–Crippen MR) is 104 cm³/mol. The molecule has 0 saturated carbocycles. The van der Waals surface area contributed by atoms with Gasteiger partial charge >= 0.3 is 0 Å². The van der Waals surface area contributed by atoms with Gasteiger partial charge < -0.3 is 25.7 Å². The summed E-state index contributed by atoms with van der Waals surface area (Å²) >= 11 is 6.22. The van der Waals surface area contributed by atoms with Gasteiger partial charge in [0, 0.05) is 19.0 Å². The van der Waals surface area contributed by atoms with E-state index in [4.69, 9.17) is 22.1 Å². The lowest BCUT2D eigenvalue weighted by atomic mass is 10.2. The summed E-state index contributed by atoms with van der Waals surface area (Å²) < 4.78 is 5.82. The van der Waals surface area contributed by atoms with Crippen LogP contribution in [0.3, 0.4) is 0 Å². The molecule has 0 fully saturated rings. The molecular weight excluding hydrogens is 365 g/mol. The molecule has 2 aromatic rings. The fourth-order valence-electron chi connectivity index (χ4n) is 2.18. The minimum atomic E-state index is -0.479. The maximum atomic E-state index is 12.1. The number of amides is 1. The number of halogens is 2. The van der Waals surface area contributed by atoms with Gasteiger partial charge in [-0.05, 0) is 38.7 Å². The van der Waals surface area contributed by atoms with Crippen LogP contribution in [0.4, 0.5) is 0 Å². The molecule has 1 heterocycles. The molecule has 0 spiro atoms. The minimum absolute atomic E-state index is 0. The Balaban J connectivity index is 0.00000312. The fraction of sp³-hybridized carbons (Fsp3) is 0.375. The van der Waals surface area contributed by atoms with E-state index < -0.39 is 5.91 Å². The number of nitrogens with two attached hydrogens (primary N) is 1. The molecule has 0 aliphatic rings. The second kappa shape index (κ2) is 9.50. The van der Waals surface area contributed by atoms with Crippen molar-refractivity contribution in [1.82, 2.24) is 15.2 Å². The Hall–Kier alpha value is -1.96. The molecule has 7 nitrogen and oxygen atoms in total. The molecule has 2 rings (SSSR count). The lowest BCUT2D eigenvalue weighted by molar-refractivity contribution is 0.0998. The van der Waals surface area contributed by atoms with Crippen molar-refractivity contribution in [2.75, 3.05) is 34.3 Å². The predicted octanol–water partition coefficient (Wildman–Crippen LogP) is 2.25. The largest absolute Gasteiger partial charge is 0.491 e. The van der Waals surface area contributed by atoms with E-state index in [1.807, 2.05) is 14.1 Å². The average molecular weight is 388 g/mol. The van der Waals surface area contributed by atoms with Crippen LogP contribution >= 0.6 is 24.0 Å². The van der Waals surface area contributed by atoms with E-state index in [1.54, 1.807) is 25.2 Å². The Labute approximate surface area is 158 Å². The number of ether oxygens (including phenoxy) is 1. The first-order valence-electron chi connectivity index (χ1n) is 7.57. The fourth-order valence-corrected chi connectivity index (χ4v) is 2.40. The van der Waals surface area contributed by atoms with E-state index in [0.717, 1.165) is 13.0 Å². The SMILES string of the molecule is CNC(N)=NC(=O)c1cc2c(Cl)ccc(OCCCN(C)C)c2[nH]1.Cl. The quantitative estimate of drug-likeness (QED) is 0.401. The van der Waals surface area contributed by atoms with Crippen LogP contribution in [-0.4, -0.2) is 56.0 Å². The van der Waals surface area contributed by atoms with Gasteiger partial charge in [-0.1, -0.05) is 11.6 Å². The molecule has 0 aliphatic carbocycles. The molecule has 9 heteroatoms. The average Bonchev–Trinajstić information content (AvgIpc) is 2.99. The zero-order valence-corrected chi connectivity index (χ0v) is 16.0. The van der Waals surface area contributed by atoms with Crippen LogP contribution < -0.4 is 15.8 Å². The number of nitrogens with one attached hydrogen (secondary N) is 2. The van der Waals surface area contributed by atoms with Crippen molar-refractivity contribution in [2.24, 2.45) is 10.7 Å². The number of carbonyl (C=O) groups excluding carboxylic acids is 1. The highest BCUT2D eigenvalue weighted by molar-refractivity contribution is 6.35. The topological polar surface area (TPSA) is 95.7 Å². The third-order valence-corrected chi connectivity index (χ3v) is 3.75. The van der Waals surface area contributed by atoms with Crippen LogP contribution in [-0.2, 0) is 0 Å². The van der Waals surface area contributed by atoms with Crippen LogP contribution in [0.25, 0.3) is 10.9 Å². The van der Waals surface area contributed by atoms with Crippen molar-refractivity contribution >= 4 is 46.8 Å². The maximum Gasteiger partial charge on any atom is 0.296 e. The van der Waals surface area contributed by atoms with Gasteiger partial charge in [0.25, 0.3) is 5.91 Å². The Kier molecular flexibility index (Phi) is 8.02. The van der Waals surface area contributed by atoms with Crippen LogP contribution in [0, 0.1) is 0 Å². The number of hydrogen-bond donors (Lipinski definition) is 3. The normalized spacial score (nSPS) is 11.5. The van der Waals surface area contributed by atoms with Gasteiger partial charge in [0.15, 0.2) is 5.96 Å². The number of aromatic nitrogens is 1. The van der Waals surface area contributed by atoms with Crippen molar-refractivity contribution in [1.29, 1.82) is 0 Å². The Morgan fingerprint density at radius 2 is 2.16 bits per heavy atom. The molecule has 4 N–H and O–H groups in total. The molecule has 0 bridgehead atoms. The van der Waals surface area contributed by atoms with Gasteiger partial charge in [0.05, 0.1) is 17.1 Å². The first-order valence-corrected chi connectivity index (χ1v) is 7.95. The minimum Gasteiger partial charge on any atom is -0.491 e. The van der Waals surface area contributed by atoms with Crippen LogP contribution in [0.2, 0.25) is 5.02 Å². The van der Waals surface area contributed by atoms with Crippen molar-refractivity contribution in [3.63, 3.8) is 0 Å². The van der Waals surface area contributed by atoms with E-state index in [9.17, 15) is 4.79 Å². The Morgan fingerprint density at radius 1 is 1.44 bits per heavy atom. The number of H-pyrrole nitrogens is 1. The highest BCUT2D eigenvalue weighted by Crippen LogP contribution is 2.32. The van der Waals surface area contributed by atoms with Crippen LogP contribution in [0.1, 0.15) is 16.9 Å². The zero-order valence-electron chi connectivity index (χ0n) is 14.4. The van der Waals surface area contributed by atoms with Gasteiger partial charge in [-0.25, -0.2) is 0 Å². The number of hydrogen-bond acceptors (Lipinski definition) is 3. The number of carbonyl (C=O) groups is 1. The summed E-state index contributed by atoms with van der Waals surface area (Å²) in [5.74, 6) is 0.218. The summed E-state index contributed by atoms with van der Waals surface area (Å²) in [7, 11) is 5.62. The van der Waals surface area contributed by atoms with Gasteiger partial charge in [-0.2, -0.15) is 4.99 Å². The molecule has 1 aromatic carbocycles. The zero-order chi connectivity index (χ0) is 17.7. The number of rotatable bonds is 6. The highest BCUT2D eigenvalue weighted by Gasteiger charge is 2.14. The summed E-state index contributed by atoms with van der Waals surface area (Å²) in [6.07, 6.45) is 0.895. The molecule has 138 valence electrons. The Morgan fingerprint density at radius 3 is 2.80 bits per heavy atom. The van der Waals surface area contributed by atoms with E-state index >= 15 is 0 Å². The van der Waals surface area contributed by atoms with E-state index in [0.29, 0.717) is 34.0 Å². The standard InChI is InChI=1S/C16H22ClN5O2.ClH/c1-19-16(18)21-15(23)12-9-10-11(17)5-6-13(14(10)20-12)24-8-4-7-22(2)3;/h5-6,9,20H,4,7-8H2,1-3H3,(H3,18,19,21,23);1H. The lowest BCUT2D eigenvalue weighted by Crippen LogP contribution is -2.28. The highest BCUT2D eigenvalue weighted by atomic mass is 35.5. The molecule has 0 saturated heterocycles. The monoisotopic (exact) mass is 387 g/mol. The van der Waals surface area contributed by atoms with Crippen molar-refractivity contribution in [3.05, 3.63) is 28.9 Å². The molecule has 1 amide bonds. The van der Waals surface area contributed by atoms with Crippen LogP contribution in [0.15, 0.2) is 23.2 Å². The van der Waals surface area contributed by atoms with Crippen molar-refractivity contribution in [3.8, 4) is 5.75 Å². The third-order valence-electron chi connectivity index (χ3n) is 3.42. The van der Waals surface area contributed by atoms with E-state index in [1.165, 1.54) is 0 Å². The summed E-state index contributed by atoms with van der Waals surface area (Å²) in [4.78, 5) is 21.0. The summed E-state index contributed by atoms with van der Waals surface area (Å²) in [5, 5.41) is 3.85. The number of aliphatic imine (C=N–C) groups is 1. The number of nitrogens with zero attached hydrogens (tertiary/aromatic N) is 2. The van der Waals surface area contributed by atoms with Gasteiger partial charge in [0.2, 0.25) is 0 Å². The molecule has 1 aromatic heterocycles. The maximum absolute atomic E-state index is 12.1. The van der Waals surface area contributed by atoms with Crippen LogP contribution in [0.5, 0.6) is 5.75 Å². The van der Waals surface area contributed by atoms with Gasteiger partial charge in [-0.15, -0.1) is 12.4 Å². The molecule has 25 heavy (non-hydrogen) atoms. The summed E-state index contributed by atoms with van der Waals surface area (Å²) in [6.45, 7) is 1.51. The molecule has 0 aliphatic heterocycles. The molecular formula is C16H23Cl2N5O2. The number of aromatic amines is 1. The smallest absolute Gasteiger partial charge is 0.296 e. The van der Waals surface area contributed by atoms with Crippen molar-refractivity contribution < 1.29 is 9.53 Å². The lowest BCUT2D eigenvalue weighted by Gasteiger charge is -2.11. The van der Waals surface area contributed by atoms with Gasteiger partial charge in [-0.3, -0.25) is 4.79 Å². The van der Waals surface area contributed by atoms with E-state index in [2.05, 4.69) is 20.2 Å². The molecule has 0 atom stereocenters. The summed E-state index contributed by atoms with van der Waals surface area (Å²) in [5.41, 5.74) is 6.50. The molecule has 0 radical (unpaired) electrons. The first kappa shape index (κ1) is 21.1. The first-order chi connectivity index (χ1) is 11.4. The second-order valence-electron chi connectivity index (χ2n) is 5.57. The Bertz CT molecular complexity index is 758. The van der Waals surface area contributed by atoms with Gasteiger partial charge in [0.1, 0.15) is 11.4 Å². The third kappa shape index (κ3) is 5.52. The number of guanidine groups is 1. The summed E-state index contributed by atoms with van der Waals surface area (Å²) in [6, 6.07) is 5.19. The van der Waals surface area contributed by atoms with E-state index in [-0.39, 0.29) is 18.4 Å². The molecule has 0 unspecified atom stereocenters.